The van der Waals surface area contributed by atoms with Crippen LogP contribution in [0.4, 0.5) is 0 Å². The third kappa shape index (κ3) is 2.47. The molecule has 14 heavy (non-hydrogen) atoms. The molecule has 1 saturated heterocycles. The maximum Gasteiger partial charge on any atom is 0.222 e. The van der Waals surface area contributed by atoms with Crippen molar-refractivity contribution in [3.05, 3.63) is 0 Å². The molecule has 1 atom stereocenters. The van der Waals surface area contributed by atoms with E-state index in [1.165, 1.54) is 12.8 Å². The van der Waals surface area contributed by atoms with Crippen molar-refractivity contribution < 1.29 is 4.79 Å². The zero-order valence-corrected chi connectivity index (χ0v) is 8.74. The van der Waals surface area contributed by atoms with Crippen molar-refractivity contribution in [2.24, 2.45) is 17.6 Å². The molecule has 2 aliphatic rings. The fourth-order valence-electron chi connectivity index (χ4n) is 2.23. The van der Waals surface area contributed by atoms with E-state index in [0.29, 0.717) is 11.8 Å². The summed E-state index contributed by atoms with van der Waals surface area (Å²) in [6, 6.07) is 0. The van der Waals surface area contributed by atoms with E-state index < -0.39 is 0 Å². The number of amides is 1. The molecule has 1 aliphatic carbocycles. The van der Waals surface area contributed by atoms with Gasteiger partial charge in [0.25, 0.3) is 0 Å². The smallest absolute Gasteiger partial charge is 0.222 e. The zero-order valence-electron chi connectivity index (χ0n) is 8.74. The molecule has 1 amide bonds. The highest BCUT2D eigenvalue weighted by molar-refractivity contribution is 5.77. The number of hydrogen-bond donors (Lipinski definition) is 1. The molecule has 0 aromatic heterocycles. The predicted molar refractivity (Wildman–Crippen MR) is 55.7 cm³/mol. The van der Waals surface area contributed by atoms with Crippen molar-refractivity contribution in [2.75, 3.05) is 19.6 Å². The summed E-state index contributed by atoms with van der Waals surface area (Å²) in [5, 5.41) is 0. The van der Waals surface area contributed by atoms with Crippen molar-refractivity contribution in [3.63, 3.8) is 0 Å². The summed E-state index contributed by atoms with van der Waals surface area (Å²) < 4.78 is 0. The Morgan fingerprint density at radius 2 is 2.07 bits per heavy atom. The summed E-state index contributed by atoms with van der Waals surface area (Å²) >= 11 is 0. The molecule has 0 radical (unpaired) electrons. The van der Waals surface area contributed by atoms with E-state index in [1.54, 1.807) is 0 Å². The third-order valence-corrected chi connectivity index (χ3v) is 3.37. The number of likely N-dealkylation sites (tertiary alicyclic amines) is 1. The van der Waals surface area contributed by atoms with Gasteiger partial charge in [0.2, 0.25) is 5.91 Å². The van der Waals surface area contributed by atoms with E-state index in [9.17, 15) is 4.79 Å². The lowest BCUT2D eigenvalue weighted by molar-refractivity contribution is -0.130. The van der Waals surface area contributed by atoms with E-state index >= 15 is 0 Å². The monoisotopic (exact) mass is 196 g/mol. The summed E-state index contributed by atoms with van der Waals surface area (Å²) in [6.45, 7) is 2.69. The van der Waals surface area contributed by atoms with Crippen molar-refractivity contribution >= 4 is 5.91 Å². The largest absolute Gasteiger partial charge is 0.342 e. The second-order valence-electron chi connectivity index (χ2n) is 4.72. The summed E-state index contributed by atoms with van der Waals surface area (Å²) in [7, 11) is 0. The number of carbonyl (C=O) groups is 1. The van der Waals surface area contributed by atoms with E-state index in [1.807, 2.05) is 4.90 Å². The molecular weight excluding hydrogens is 176 g/mol. The van der Waals surface area contributed by atoms with Crippen LogP contribution in [0.1, 0.15) is 32.1 Å². The highest BCUT2D eigenvalue weighted by Crippen LogP contribution is 2.33. The normalized spacial score (nSPS) is 26.9. The lowest BCUT2D eigenvalue weighted by Crippen LogP contribution is -2.29. The average Bonchev–Trinajstić information content (AvgIpc) is 2.83. The zero-order chi connectivity index (χ0) is 9.97. The quantitative estimate of drug-likeness (QED) is 0.728. The van der Waals surface area contributed by atoms with Crippen molar-refractivity contribution in [2.45, 2.75) is 32.1 Å². The van der Waals surface area contributed by atoms with Gasteiger partial charge in [0.15, 0.2) is 0 Å². The van der Waals surface area contributed by atoms with Crippen molar-refractivity contribution in [1.82, 2.24) is 4.90 Å². The van der Waals surface area contributed by atoms with Gasteiger partial charge in [0, 0.05) is 19.5 Å². The van der Waals surface area contributed by atoms with E-state index in [4.69, 9.17) is 5.73 Å². The second kappa shape index (κ2) is 4.30. The number of hydrogen-bond acceptors (Lipinski definition) is 2. The van der Waals surface area contributed by atoms with Crippen molar-refractivity contribution in [3.8, 4) is 0 Å². The number of nitrogens with zero attached hydrogens (tertiary/aromatic N) is 1. The molecule has 0 bridgehead atoms. The van der Waals surface area contributed by atoms with Gasteiger partial charge in [0.1, 0.15) is 0 Å². The Balaban J connectivity index is 1.73. The fourth-order valence-corrected chi connectivity index (χ4v) is 2.23. The SMILES string of the molecule is NCCC1CCN(C(=O)CC2CC2)C1. The first kappa shape index (κ1) is 9.97. The van der Waals surface area contributed by atoms with Crippen LogP contribution in [0.5, 0.6) is 0 Å². The van der Waals surface area contributed by atoms with Crippen LogP contribution in [-0.4, -0.2) is 30.4 Å². The minimum Gasteiger partial charge on any atom is -0.342 e. The molecule has 2 rings (SSSR count). The molecule has 80 valence electrons. The van der Waals surface area contributed by atoms with Gasteiger partial charge in [-0.1, -0.05) is 0 Å². The van der Waals surface area contributed by atoms with Crippen molar-refractivity contribution in [1.29, 1.82) is 0 Å². The molecule has 3 nitrogen and oxygen atoms in total. The van der Waals surface area contributed by atoms with Crippen LogP contribution in [-0.2, 0) is 4.79 Å². The summed E-state index contributed by atoms with van der Waals surface area (Å²) in [6.07, 6.45) is 5.58. The standard InChI is InChI=1S/C11H20N2O/c12-5-3-10-4-6-13(8-10)11(14)7-9-1-2-9/h9-10H,1-8,12H2. The van der Waals surface area contributed by atoms with Gasteiger partial charge in [-0.15, -0.1) is 0 Å². The van der Waals surface area contributed by atoms with Gasteiger partial charge < -0.3 is 10.6 Å². The molecule has 2 N–H and O–H groups in total. The number of rotatable bonds is 4. The Morgan fingerprint density at radius 3 is 2.71 bits per heavy atom. The van der Waals surface area contributed by atoms with Gasteiger partial charge in [-0.25, -0.2) is 0 Å². The third-order valence-electron chi connectivity index (χ3n) is 3.37. The Kier molecular flexibility index (Phi) is 3.06. The minimum atomic E-state index is 0.382. The molecule has 2 fully saturated rings. The Labute approximate surface area is 85.6 Å². The minimum absolute atomic E-state index is 0.382. The molecule has 0 spiro atoms. The first-order chi connectivity index (χ1) is 6.79. The van der Waals surface area contributed by atoms with Crippen LogP contribution in [0.15, 0.2) is 0 Å². The van der Waals surface area contributed by atoms with Gasteiger partial charge >= 0.3 is 0 Å². The van der Waals surface area contributed by atoms with E-state index in [0.717, 1.165) is 44.8 Å². The van der Waals surface area contributed by atoms with Gasteiger partial charge in [0.05, 0.1) is 0 Å². The molecule has 1 saturated carbocycles. The molecule has 1 heterocycles. The maximum absolute atomic E-state index is 11.7. The Bertz CT molecular complexity index is 213. The average molecular weight is 196 g/mol. The Hall–Kier alpha value is -0.570. The predicted octanol–water partition coefficient (Wildman–Crippen LogP) is 0.984. The molecule has 1 aliphatic heterocycles. The molecule has 0 aromatic rings. The Morgan fingerprint density at radius 1 is 1.29 bits per heavy atom. The summed E-state index contributed by atoms with van der Waals surface area (Å²) in [5.74, 6) is 1.77. The molecule has 0 aromatic carbocycles. The first-order valence-corrected chi connectivity index (χ1v) is 5.77. The van der Waals surface area contributed by atoms with Crippen LogP contribution < -0.4 is 5.73 Å². The van der Waals surface area contributed by atoms with E-state index in [-0.39, 0.29) is 0 Å². The molecule has 3 heteroatoms. The highest BCUT2D eigenvalue weighted by Gasteiger charge is 2.30. The number of nitrogens with two attached hydrogens (primary N) is 1. The summed E-state index contributed by atoms with van der Waals surface area (Å²) in [4.78, 5) is 13.8. The molecular formula is C11H20N2O. The van der Waals surface area contributed by atoms with E-state index in [2.05, 4.69) is 0 Å². The number of carbonyl (C=O) groups excluding carboxylic acids is 1. The highest BCUT2D eigenvalue weighted by atomic mass is 16.2. The van der Waals surface area contributed by atoms with Gasteiger partial charge in [-0.3, -0.25) is 4.79 Å². The second-order valence-corrected chi connectivity index (χ2v) is 4.72. The molecule has 1 unspecified atom stereocenters. The van der Waals surface area contributed by atoms with Crippen LogP contribution in [0.3, 0.4) is 0 Å². The maximum atomic E-state index is 11.7. The van der Waals surface area contributed by atoms with Crippen LogP contribution in [0.25, 0.3) is 0 Å². The summed E-state index contributed by atoms with van der Waals surface area (Å²) in [5.41, 5.74) is 5.52. The van der Waals surface area contributed by atoms with Crippen LogP contribution in [0.2, 0.25) is 0 Å². The lowest BCUT2D eigenvalue weighted by atomic mass is 10.1. The first-order valence-electron chi connectivity index (χ1n) is 5.77. The lowest BCUT2D eigenvalue weighted by Gasteiger charge is -2.16. The van der Waals surface area contributed by atoms with Crippen LogP contribution in [0, 0.1) is 11.8 Å². The van der Waals surface area contributed by atoms with Crippen LogP contribution >= 0.6 is 0 Å². The topological polar surface area (TPSA) is 46.3 Å². The van der Waals surface area contributed by atoms with Gasteiger partial charge in [-0.05, 0) is 44.1 Å². The van der Waals surface area contributed by atoms with Gasteiger partial charge in [-0.2, -0.15) is 0 Å². The fraction of sp³-hybridized carbons (Fsp3) is 0.909.